The van der Waals surface area contributed by atoms with Crippen molar-refractivity contribution in [2.75, 3.05) is 0 Å². The highest BCUT2D eigenvalue weighted by molar-refractivity contribution is 5.84. The summed E-state index contributed by atoms with van der Waals surface area (Å²) in [5.41, 5.74) is 0.105. The Hall–Kier alpha value is -1.77. The van der Waals surface area contributed by atoms with Gasteiger partial charge in [-0.1, -0.05) is 19.1 Å². The van der Waals surface area contributed by atoms with Gasteiger partial charge in [0.1, 0.15) is 11.3 Å². The normalized spacial score (nSPS) is 10.6. The smallest absolute Gasteiger partial charge is 0.343 e. The van der Waals surface area contributed by atoms with E-state index in [9.17, 15) is 9.90 Å². The zero-order valence-corrected chi connectivity index (χ0v) is 7.65. The van der Waals surface area contributed by atoms with Gasteiger partial charge < -0.3 is 9.52 Å². The van der Waals surface area contributed by atoms with Crippen LogP contribution in [0.5, 0.6) is 5.75 Å². The SMILES string of the molecule is C[CH]c1c(O)c2ccccc2oc1=O. The summed E-state index contributed by atoms with van der Waals surface area (Å²) < 4.78 is 5.02. The standard InChI is InChI=1S/C11H9O3/c1-2-7-10(12)8-5-3-4-6-9(8)14-11(7)13/h2-6,12H,1H3. The van der Waals surface area contributed by atoms with Gasteiger partial charge in [0.2, 0.25) is 0 Å². The third kappa shape index (κ3) is 1.18. The van der Waals surface area contributed by atoms with Crippen molar-refractivity contribution >= 4 is 11.0 Å². The molecule has 3 nitrogen and oxygen atoms in total. The van der Waals surface area contributed by atoms with Crippen LogP contribution < -0.4 is 5.63 Å². The van der Waals surface area contributed by atoms with Gasteiger partial charge in [0.15, 0.2) is 0 Å². The summed E-state index contributed by atoms with van der Waals surface area (Å²) in [6.45, 7) is 1.68. The molecule has 1 aromatic carbocycles. The average molecular weight is 189 g/mol. The number of aromatic hydroxyl groups is 1. The maximum atomic E-state index is 11.3. The highest BCUT2D eigenvalue weighted by Gasteiger charge is 2.10. The lowest BCUT2D eigenvalue weighted by molar-refractivity contribution is 0.463. The van der Waals surface area contributed by atoms with Gasteiger partial charge in [0.05, 0.1) is 10.9 Å². The van der Waals surface area contributed by atoms with Crippen LogP contribution in [0, 0.1) is 6.42 Å². The average Bonchev–Trinajstić information content (AvgIpc) is 2.18. The van der Waals surface area contributed by atoms with Gasteiger partial charge in [0.25, 0.3) is 0 Å². The summed E-state index contributed by atoms with van der Waals surface area (Å²) in [7, 11) is 0. The number of benzene rings is 1. The van der Waals surface area contributed by atoms with Crippen LogP contribution in [-0.4, -0.2) is 5.11 Å². The van der Waals surface area contributed by atoms with Crippen molar-refractivity contribution in [1.82, 2.24) is 0 Å². The van der Waals surface area contributed by atoms with Crippen molar-refractivity contribution in [2.24, 2.45) is 0 Å². The van der Waals surface area contributed by atoms with Gasteiger partial charge in [-0.3, -0.25) is 0 Å². The zero-order chi connectivity index (χ0) is 10.1. The molecule has 0 bridgehead atoms. The van der Waals surface area contributed by atoms with Crippen LogP contribution in [0.4, 0.5) is 0 Å². The predicted molar refractivity (Wildman–Crippen MR) is 53.2 cm³/mol. The number of hydrogen-bond donors (Lipinski definition) is 1. The topological polar surface area (TPSA) is 50.4 Å². The van der Waals surface area contributed by atoms with E-state index in [1.807, 2.05) is 0 Å². The Labute approximate surface area is 80.6 Å². The van der Waals surface area contributed by atoms with E-state index in [0.717, 1.165) is 0 Å². The van der Waals surface area contributed by atoms with Gasteiger partial charge in [0, 0.05) is 0 Å². The van der Waals surface area contributed by atoms with Crippen LogP contribution in [0.25, 0.3) is 11.0 Å². The van der Waals surface area contributed by atoms with Gasteiger partial charge in [-0.25, -0.2) is 4.79 Å². The lowest BCUT2D eigenvalue weighted by Crippen LogP contribution is -2.05. The van der Waals surface area contributed by atoms with E-state index in [1.54, 1.807) is 31.2 Å². The van der Waals surface area contributed by atoms with Crippen LogP contribution in [0.2, 0.25) is 0 Å². The molecule has 2 rings (SSSR count). The molecule has 0 atom stereocenters. The van der Waals surface area contributed by atoms with E-state index in [1.165, 1.54) is 6.42 Å². The Morgan fingerprint density at radius 3 is 2.79 bits per heavy atom. The van der Waals surface area contributed by atoms with Gasteiger partial charge in [-0.15, -0.1) is 0 Å². The second-order valence-corrected chi connectivity index (χ2v) is 2.94. The minimum absolute atomic E-state index is 0.0145. The molecule has 0 aliphatic carbocycles. The first-order valence-corrected chi connectivity index (χ1v) is 4.28. The van der Waals surface area contributed by atoms with E-state index in [2.05, 4.69) is 0 Å². The monoisotopic (exact) mass is 189 g/mol. The Kier molecular flexibility index (Phi) is 2.00. The maximum Gasteiger partial charge on any atom is 0.343 e. The molecule has 0 aliphatic rings. The predicted octanol–water partition coefficient (Wildman–Crippen LogP) is 2.07. The Morgan fingerprint density at radius 2 is 2.07 bits per heavy atom. The fourth-order valence-corrected chi connectivity index (χ4v) is 1.40. The van der Waals surface area contributed by atoms with Crippen molar-refractivity contribution in [3.8, 4) is 5.75 Å². The van der Waals surface area contributed by atoms with E-state index in [-0.39, 0.29) is 11.3 Å². The molecule has 1 aromatic heterocycles. The zero-order valence-electron chi connectivity index (χ0n) is 7.65. The fourth-order valence-electron chi connectivity index (χ4n) is 1.40. The lowest BCUT2D eigenvalue weighted by atomic mass is 10.1. The Morgan fingerprint density at radius 1 is 1.36 bits per heavy atom. The van der Waals surface area contributed by atoms with Crippen molar-refractivity contribution in [3.05, 3.63) is 46.7 Å². The fraction of sp³-hybridized carbons (Fsp3) is 0.0909. The molecular formula is C11H9O3. The molecule has 2 aromatic rings. The third-order valence-corrected chi connectivity index (χ3v) is 2.11. The molecule has 0 saturated carbocycles. The molecule has 0 amide bonds. The van der Waals surface area contributed by atoms with Crippen LogP contribution in [0.1, 0.15) is 12.5 Å². The van der Waals surface area contributed by atoms with Crippen LogP contribution in [0.15, 0.2) is 33.5 Å². The number of para-hydroxylation sites is 1. The molecule has 0 fully saturated rings. The van der Waals surface area contributed by atoms with Crippen LogP contribution in [-0.2, 0) is 0 Å². The Bertz CT molecular complexity index is 526. The first kappa shape index (κ1) is 8.81. The second-order valence-electron chi connectivity index (χ2n) is 2.94. The lowest BCUT2D eigenvalue weighted by Gasteiger charge is -2.02. The highest BCUT2D eigenvalue weighted by atomic mass is 16.4. The van der Waals surface area contributed by atoms with E-state index < -0.39 is 5.63 Å². The summed E-state index contributed by atoms with van der Waals surface area (Å²) in [6, 6.07) is 6.89. The van der Waals surface area contributed by atoms with Crippen molar-refractivity contribution in [1.29, 1.82) is 0 Å². The first-order chi connectivity index (χ1) is 6.74. The number of hydrogen-bond acceptors (Lipinski definition) is 3. The number of rotatable bonds is 1. The molecule has 0 unspecified atom stereocenters. The van der Waals surface area contributed by atoms with Crippen molar-refractivity contribution in [2.45, 2.75) is 6.92 Å². The van der Waals surface area contributed by atoms with Crippen molar-refractivity contribution < 1.29 is 9.52 Å². The van der Waals surface area contributed by atoms with Gasteiger partial charge in [-0.05, 0) is 18.6 Å². The van der Waals surface area contributed by atoms with Crippen molar-refractivity contribution in [3.63, 3.8) is 0 Å². The second kappa shape index (κ2) is 3.18. The first-order valence-electron chi connectivity index (χ1n) is 4.28. The molecule has 14 heavy (non-hydrogen) atoms. The van der Waals surface area contributed by atoms with Gasteiger partial charge in [-0.2, -0.15) is 0 Å². The Balaban J connectivity index is 2.93. The molecule has 1 radical (unpaired) electrons. The summed E-state index contributed by atoms with van der Waals surface area (Å²) in [6.07, 6.45) is 1.54. The summed E-state index contributed by atoms with van der Waals surface area (Å²) in [5, 5.41) is 10.3. The highest BCUT2D eigenvalue weighted by Crippen LogP contribution is 2.26. The summed E-state index contributed by atoms with van der Waals surface area (Å²) in [4.78, 5) is 11.3. The third-order valence-electron chi connectivity index (χ3n) is 2.11. The van der Waals surface area contributed by atoms with Crippen LogP contribution in [0.3, 0.4) is 0 Å². The molecule has 0 spiro atoms. The number of fused-ring (bicyclic) bond motifs is 1. The molecule has 0 saturated heterocycles. The largest absolute Gasteiger partial charge is 0.507 e. The summed E-state index contributed by atoms with van der Waals surface area (Å²) >= 11 is 0. The molecule has 1 heterocycles. The molecule has 1 N–H and O–H groups in total. The van der Waals surface area contributed by atoms with E-state index in [0.29, 0.717) is 11.0 Å². The summed E-state index contributed by atoms with van der Waals surface area (Å²) in [5.74, 6) is -0.0145. The van der Waals surface area contributed by atoms with E-state index in [4.69, 9.17) is 4.42 Å². The molecule has 3 heteroatoms. The molecular weight excluding hydrogens is 180 g/mol. The molecule has 71 valence electrons. The van der Waals surface area contributed by atoms with Crippen LogP contribution >= 0.6 is 0 Å². The minimum Gasteiger partial charge on any atom is -0.507 e. The van der Waals surface area contributed by atoms with Gasteiger partial charge >= 0.3 is 5.63 Å². The maximum absolute atomic E-state index is 11.3. The molecule has 0 aliphatic heterocycles. The minimum atomic E-state index is -0.510. The van der Waals surface area contributed by atoms with E-state index >= 15 is 0 Å². The quantitative estimate of drug-likeness (QED) is 0.698.